The van der Waals surface area contributed by atoms with E-state index in [1.807, 2.05) is 0 Å². The van der Waals surface area contributed by atoms with E-state index in [0.717, 1.165) is 6.07 Å². The fourth-order valence-corrected chi connectivity index (χ4v) is 4.67. The molecule has 1 aliphatic heterocycles. The molecule has 0 atom stereocenters. The number of aromatic nitrogens is 3. The third-order valence-electron chi connectivity index (χ3n) is 6.90. The molecule has 0 spiro atoms. The van der Waals surface area contributed by atoms with Crippen molar-refractivity contribution in [2.75, 3.05) is 50.0 Å². The van der Waals surface area contributed by atoms with Gasteiger partial charge in [-0.1, -0.05) is 0 Å². The van der Waals surface area contributed by atoms with Crippen LogP contribution >= 0.6 is 0 Å². The zero-order valence-electron chi connectivity index (χ0n) is 23.1. The van der Waals surface area contributed by atoms with Gasteiger partial charge in [0.15, 0.2) is 11.6 Å². The van der Waals surface area contributed by atoms with Gasteiger partial charge in [0.25, 0.3) is 5.91 Å². The van der Waals surface area contributed by atoms with Crippen LogP contribution in [0.25, 0.3) is 5.69 Å². The number of nitrogens with one attached hydrogen (secondary N) is 3. The van der Waals surface area contributed by atoms with Gasteiger partial charge in [-0.25, -0.2) is 23.4 Å². The van der Waals surface area contributed by atoms with Gasteiger partial charge >= 0.3 is 11.7 Å². The number of halogens is 2. The van der Waals surface area contributed by atoms with Crippen LogP contribution in [-0.4, -0.2) is 80.7 Å². The normalized spacial score (nSPS) is 13.5. The maximum absolute atomic E-state index is 14.9. The first kappa shape index (κ1) is 29.4. The molecule has 0 radical (unpaired) electrons. The zero-order chi connectivity index (χ0) is 30.5. The lowest BCUT2D eigenvalue weighted by molar-refractivity contribution is 0.102. The number of carbonyl (C=O) groups excluding carboxylic acids is 2. The average Bonchev–Trinajstić information content (AvgIpc) is 3.29. The minimum Gasteiger partial charge on any atom is -0.454 e. The number of urea groups is 1. The molecule has 1 saturated heterocycles. The van der Waals surface area contributed by atoms with Crippen LogP contribution in [0.5, 0.6) is 11.5 Å². The molecule has 3 amide bonds. The number of pyridine rings is 1. The number of carbonyl (C=O) groups is 2. The van der Waals surface area contributed by atoms with Gasteiger partial charge in [-0.3, -0.25) is 19.6 Å². The third kappa shape index (κ3) is 6.88. The Morgan fingerprint density at radius 1 is 1.02 bits per heavy atom. The first-order chi connectivity index (χ1) is 20.7. The number of H-pyrrole nitrogens is 1. The number of ether oxygens (including phenoxy) is 1. The highest BCUT2D eigenvalue weighted by atomic mass is 19.1. The molecule has 2 aromatic heterocycles. The summed E-state index contributed by atoms with van der Waals surface area (Å²) in [5.41, 5.74) is 0.166. The van der Waals surface area contributed by atoms with Gasteiger partial charge in [-0.15, -0.1) is 0 Å². The van der Waals surface area contributed by atoms with Crippen LogP contribution in [-0.2, 0) is 0 Å². The van der Waals surface area contributed by atoms with E-state index in [4.69, 9.17) is 9.84 Å². The maximum atomic E-state index is 14.9. The number of piperazine rings is 1. The number of amides is 3. The van der Waals surface area contributed by atoms with Crippen molar-refractivity contribution in [1.29, 1.82) is 0 Å². The molecular formula is C29H29F2N7O5. The van der Waals surface area contributed by atoms with Crippen LogP contribution in [0.15, 0.2) is 65.6 Å². The highest BCUT2D eigenvalue weighted by Gasteiger charge is 2.22. The number of rotatable bonds is 8. The predicted octanol–water partition coefficient (Wildman–Crippen LogP) is 3.33. The number of benzene rings is 2. The second-order valence-corrected chi connectivity index (χ2v) is 9.76. The Hall–Kier alpha value is -5.08. The van der Waals surface area contributed by atoms with Crippen molar-refractivity contribution < 1.29 is 28.2 Å². The molecule has 1 fully saturated rings. The Kier molecular flexibility index (Phi) is 8.78. The van der Waals surface area contributed by atoms with Crippen molar-refractivity contribution in [3.63, 3.8) is 0 Å². The minimum absolute atomic E-state index is 0.0338. The SMILES string of the molecule is Cc1c(C(=O)Nc2ccc(Oc3ccnc(NC(=O)N4CCN(CCO)CC4)c3)c(F)c2)[nH]c(=O)n1-c1ccc(F)cc1. The van der Waals surface area contributed by atoms with E-state index < -0.39 is 23.2 Å². The second kappa shape index (κ2) is 12.8. The molecule has 5 rings (SSSR count). The Morgan fingerprint density at radius 2 is 1.77 bits per heavy atom. The lowest BCUT2D eigenvalue weighted by atomic mass is 10.2. The molecule has 12 nitrogen and oxygen atoms in total. The molecule has 224 valence electrons. The van der Waals surface area contributed by atoms with Gasteiger partial charge in [0.1, 0.15) is 23.1 Å². The van der Waals surface area contributed by atoms with Crippen LogP contribution in [0.4, 0.5) is 25.1 Å². The number of β-amino-alcohol motifs (C(OH)–C–C–N with tert-alkyl or cyclic N) is 1. The predicted molar refractivity (Wildman–Crippen MR) is 154 cm³/mol. The zero-order valence-corrected chi connectivity index (χ0v) is 23.1. The molecule has 0 saturated carbocycles. The molecule has 0 bridgehead atoms. The van der Waals surface area contributed by atoms with E-state index >= 15 is 0 Å². The van der Waals surface area contributed by atoms with E-state index in [1.54, 1.807) is 11.8 Å². The second-order valence-electron chi connectivity index (χ2n) is 9.76. The lowest BCUT2D eigenvalue weighted by Crippen LogP contribution is -2.50. The van der Waals surface area contributed by atoms with Gasteiger partial charge in [-0.2, -0.15) is 0 Å². The molecule has 0 unspecified atom stereocenters. The van der Waals surface area contributed by atoms with Crippen molar-refractivity contribution in [2.24, 2.45) is 0 Å². The Morgan fingerprint density at radius 3 is 2.47 bits per heavy atom. The molecular weight excluding hydrogens is 564 g/mol. The molecule has 1 aliphatic rings. The summed E-state index contributed by atoms with van der Waals surface area (Å²) < 4.78 is 35.1. The molecule has 4 N–H and O–H groups in total. The molecule has 0 aliphatic carbocycles. The van der Waals surface area contributed by atoms with Gasteiger partial charge in [0.2, 0.25) is 0 Å². The largest absolute Gasteiger partial charge is 0.454 e. The number of nitrogens with zero attached hydrogens (tertiary/aromatic N) is 4. The van der Waals surface area contributed by atoms with E-state index in [9.17, 15) is 23.2 Å². The van der Waals surface area contributed by atoms with Crippen LogP contribution < -0.4 is 21.1 Å². The molecule has 3 heterocycles. The lowest BCUT2D eigenvalue weighted by Gasteiger charge is -2.34. The van der Waals surface area contributed by atoms with Crippen LogP contribution in [0.1, 0.15) is 16.2 Å². The molecule has 4 aromatic rings. The van der Waals surface area contributed by atoms with Crippen molar-refractivity contribution in [3.8, 4) is 17.2 Å². The number of hydrogen-bond donors (Lipinski definition) is 4. The first-order valence-electron chi connectivity index (χ1n) is 13.4. The summed E-state index contributed by atoms with van der Waals surface area (Å²) in [6.07, 6.45) is 1.41. The summed E-state index contributed by atoms with van der Waals surface area (Å²) >= 11 is 0. The minimum atomic E-state index is -0.768. The Labute approximate surface area is 244 Å². The van der Waals surface area contributed by atoms with Gasteiger partial charge in [0, 0.05) is 56.7 Å². The highest BCUT2D eigenvalue weighted by Crippen LogP contribution is 2.28. The van der Waals surface area contributed by atoms with Crippen molar-refractivity contribution in [1.82, 2.24) is 24.3 Å². The average molecular weight is 594 g/mol. The van der Waals surface area contributed by atoms with E-state index in [-0.39, 0.29) is 41.3 Å². The van der Waals surface area contributed by atoms with E-state index in [2.05, 4.69) is 25.5 Å². The number of hydrogen-bond acceptors (Lipinski definition) is 7. The topological polar surface area (TPSA) is 145 Å². The number of imidazole rings is 1. The summed E-state index contributed by atoms with van der Waals surface area (Å²) in [7, 11) is 0. The quantitative estimate of drug-likeness (QED) is 0.245. The third-order valence-corrected chi connectivity index (χ3v) is 6.90. The summed E-state index contributed by atoms with van der Waals surface area (Å²) in [6.45, 7) is 4.50. The highest BCUT2D eigenvalue weighted by molar-refractivity contribution is 6.03. The van der Waals surface area contributed by atoms with Crippen LogP contribution in [0.2, 0.25) is 0 Å². The number of aliphatic hydroxyl groups is 1. The van der Waals surface area contributed by atoms with Gasteiger partial charge in [-0.05, 0) is 49.4 Å². The standard InChI is InChI=1S/C29H29F2N7O5/c1-18-26(35-29(42)38(18)21-5-2-19(30)3-6-21)27(40)33-20-4-7-24(23(31)16-20)43-22-8-9-32-25(17-22)34-28(41)37-12-10-36(11-13-37)14-15-39/h2-9,16-17,39H,10-15H2,1H3,(H,33,40)(H,35,42)(H,32,34,41). The fourth-order valence-electron chi connectivity index (χ4n) is 4.67. The number of aromatic amines is 1. The van der Waals surface area contributed by atoms with E-state index in [1.165, 1.54) is 59.3 Å². The van der Waals surface area contributed by atoms with Gasteiger partial charge < -0.3 is 25.0 Å². The first-order valence-corrected chi connectivity index (χ1v) is 13.4. The maximum Gasteiger partial charge on any atom is 0.330 e. The monoisotopic (exact) mass is 593 g/mol. The summed E-state index contributed by atoms with van der Waals surface area (Å²) in [4.78, 5) is 48.4. The summed E-state index contributed by atoms with van der Waals surface area (Å²) in [5.74, 6) is -1.59. The molecule has 2 aromatic carbocycles. The van der Waals surface area contributed by atoms with Crippen molar-refractivity contribution in [3.05, 3.63) is 94.3 Å². The Balaban J connectivity index is 1.22. The van der Waals surface area contributed by atoms with Crippen LogP contribution in [0.3, 0.4) is 0 Å². The fraction of sp³-hybridized carbons (Fsp3) is 0.241. The summed E-state index contributed by atoms with van der Waals surface area (Å²) in [5, 5.41) is 14.3. The Bertz CT molecular complexity index is 1680. The number of anilines is 2. The van der Waals surface area contributed by atoms with Crippen LogP contribution in [0, 0.1) is 18.6 Å². The molecule has 43 heavy (non-hydrogen) atoms. The molecule has 14 heteroatoms. The number of aliphatic hydroxyl groups excluding tert-OH is 1. The summed E-state index contributed by atoms with van der Waals surface area (Å²) in [6, 6.07) is 11.7. The van der Waals surface area contributed by atoms with Gasteiger partial charge in [0.05, 0.1) is 18.0 Å². The van der Waals surface area contributed by atoms with Crippen molar-refractivity contribution >= 4 is 23.4 Å². The van der Waals surface area contributed by atoms with Crippen molar-refractivity contribution in [2.45, 2.75) is 6.92 Å². The van der Waals surface area contributed by atoms with E-state index in [0.29, 0.717) is 44.1 Å². The smallest absolute Gasteiger partial charge is 0.330 e.